The summed E-state index contributed by atoms with van der Waals surface area (Å²) in [5, 5.41) is 14.3. The number of nitrogens with two attached hydrogens (primary N) is 1. The van der Waals surface area contributed by atoms with E-state index >= 15 is 0 Å². The molecule has 0 spiro atoms. The predicted molar refractivity (Wildman–Crippen MR) is 181 cm³/mol. The molecule has 1 aliphatic heterocycles. The third-order valence-corrected chi connectivity index (χ3v) is 10.0. The zero-order chi connectivity index (χ0) is 35.2. The molecule has 258 valence electrons. The number of hydrogen-bond acceptors (Lipinski definition) is 10. The van der Waals surface area contributed by atoms with Crippen molar-refractivity contribution in [2.45, 2.75) is 56.3 Å². The molecule has 0 bridgehead atoms. The number of nitrogens with zero attached hydrogens (tertiary/aromatic N) is 5. The molecular formula is C32H33Cl2N7O7S. The van der Waals surface area contributed by atoms with Gasteiger partial charge in [-0.15, -0.1) is 0 Å². The van der Waals surface area contributed by atoms with E-state index in [2.05, 4.69) is 15.5 Å². The van der Waals surface area contributed by atoms with Crippen LogP contribution in [0.2, 0.25) is 10.0 Å². The summed E-state index contributed by atoms with van der Waals surface area (Å²) in [6.07, 6.45) is 4.10. The fourth-order valence-corrected chi connectivity index (χ4v) is 7.60. The van der Waals surface area contributed by atoms with E-state index < -0.39 is 59.9 Å². The number of fused-ring (bicyclic) bond motifs is 1. The average molecular weight is 731 g/mol. The minimum absolute atomic E-state index is 0.158. The summed E-state index contributed by atoms with van der Waals surface area (Å²) >= 11 is 11.5. The first kappa shape index (κ1) is 36.2. The van der Waals surface area contributed by atoms with Gasteiger partial charge in [0.15, 0.2) is 6.73 Å². The number of carbonyl (C=O) groups is 3. The first-order valence-corrected chi connectivity index (χ1v) is 17.5. The lowest BCUT2D eigenvalue weighted by Gasteiger charge is -2.49. The highest BCUT2D eigenvalue weighted by molar-refractivity contribution is 7.88. The Hall–Kier alpha value is -4.05. The van der Waals surface area contributed by atoms with Gasteiger partial charge < -0.3 is 19.3 Å². The lowest BCUT2D eigenvalue weighted by Crippen LogP contribution is -2.61. The molecule has 2 amide bonds. The summed E-state index contributed by atoms with van der Waals surface area (Å²) in [6, 6.07) is 13.1. The van der Waals surface area contributed by atoms with E-state index in [9.17, 15) is 24.0 Å². The minimum Gasteiger partial charge on any atom is -0.597 e. The number of benzene rings is 3. The Morgan fingerprint density at radius 3 is 2.67 bits per heavy atom. The molecule has 5 atom stereocenters. The quantitative estimate of drug-likeness (QED) is 0.0437. The molecule has 3 aromatic rings. The van der Waals surface area contributed by atoms with Crippen LogP contribution in [-0.2, 0) is 32.3 Å². The van der Waals surface area contributed by atoms with Crippen LogP contribution in [0.4, 0.5) is 0 Å². The van der Waals surface area contributed by atoms with Crippen molar-refractivity contribution in [1.82, 2.24) is 14.8 Å². The molecule has 2 aliphatic rings. The van der Waals surface area contributed by atoms with E-state index in [4.69, 9.17) is 44.2 Å². The fraction of sp³-hybridized carbons (Fsp3) is 0.344. The number of ether oxygens (including phenoxy) is 1. The molecule has 17 heteroatoms. The second-order valence-electron chi connectivity index (χ2n) is 11.5. The fourth-order valence-electron chi connectivity index (χ4n) is 6.45. The highest BCUT2D eigenvalue weighted by atomic mass is 35.5. The summed E-state index contributed by atoms with van der Waals surface area (Å²) in [7, 11) is 0. The van der Waals surface area contributed by atoms with Gasteiger partial charge in [-0.25, -0.2) is 16.1 Å². The molecule has 1 fully saturated rings. The van der Waals surface area contributed by atoms with E-state index in [1.54, 1.807) is 29.2 Å². The van der Waals surface area contributed by atoms with E-state index in [1.165, 1.54) is 47.1 Å². The number of hydrazine groups is 1. The molecule has 14 nitrogen and oxygen atoms in total. The van der Waals surface area contributed by atoms with Crippen LogP contribution in [-0.4, -0.2) is 61.8 Å². The number of azide groups is 1. The molecule has 4 N–H and O–H groups in total. The highest BCUT2D eigenvalue weighted by Crippen LogP contribution is 2.49. The lowest BCUT2D eigenvalue weighted by molar-refractivity contribution is -0.138. The molecular weight excluding hydrogens is 697 g/mol. The Morgan fingerprint density at radius 2 is 1.94 bits per heavy atom. The number of halogens is 2. The second-order valence-corrected chi connectivity index (χ2v) is 13.6. The highest BCUT2D eigenvalue weighted by Gasteiger charge is 2.51. The van der Waals surface area contributed by atoms with Gasteiger partial charge >= 0.3 is 5.97 Å². The normalized spacial score (nSPS) is 21.0. The van der Waals surface area contributed by atoms with Crippen LogP contribution in [0.1, 0.15) is 75.0 Å². The largest absolute Gasteiger partial charge is 0.597 e. The van der Waals surface area contributed by atoms with Gasteiger partial charge in [0.1, 0.15) is 12.0 Å². The second kappa shape index (κ2) is 16.1. The predicted octanol–water partition coefficient (Wildman–Crippen LogP) is 5.43. The van der Waals surface area contributed by atoms with Gasteiger partial charge in [0, 0.05) is 20.5 Å². The van der Waals surface area contributed by atoms with E-state index in [-0.39, 0.29) is 34.1 Å². The summed E-state index contributed by atoms with van der Waals surface area (Å²) in [6.45, 7) is -0.628. The van der Waals surface area contributed by atoms with E-state index in [1.807, 2.05) is 0 Å². The maximum atomic E-state index is 14.5. The topological polar surface area (TPSA) is 206 Å². The zero-order valence-electron chi connectivity index (χ0n) is 26.2. The van der Waals surface area contributed by atoms with E-state index in [0.717, 1.165) is 12.8 Å². The number of amides is 2. The van der Waals surface area contributed by atoms with Crippen molar-refractivity contribution in [3.05, 3.63) is 109 Å². The molecule has 0 aromatic heterocycles. The van der Waals surface area contributed by atoms with Gasteiger partial charge in [-0.05, 0) is 77.5 Å². The number of hydrogen-bond donors (Lipinski definition) is 3. The standard InChI is InChI=1S/C32H33Cl2N7O7S/c1-49(46)41(36)27-8-3-2-7-26(27)40-29(23-11-9-20(33)14-25(23)34)28(24-15-21(42)10-12-22(24)31(40)44)30(43)38-48-16-18-5-4-6-19(13-18)32(45)47-17-37-39-35/h4-6,9-15,26-29,42H,2-3,7-8,16-17,36H2,1H3,(H,38,43)/t26?,27-,28+,29-,49?/m0/s1. The van der Waals surface area contributed by atoms with Gasteiger partial charge in [-0.1, -0.05) is 63.8 Å². The minimum atomic E-state index is -1.55. The van der Waals surface area contributed by atoms with Crippen LogP contribution in [0.3, 0.4) is 0 Å². The first-order chi connectivity index (χ1) is 23.5. The summed E-state index contributed by atoms with van der Waals surface area (Å²) in [5.41, 5.74) is 12.4. The Balaban J connectivity index is 1.52. The molecule has 0 radical (unpaired) electrons. The Labute approximate surface area is 294 Å². The molecule has 5 rings (SSSR count). The van der Waals surface area contributed by atoms with E-state index in [0.29, 0.717) is 29.0 Å². The number of rotatable bonds is 11. The Kier molecular flexibility index (Phi) is 11.9. The molecule has 2 unspecified atom stereocenters. The summed E-state index contributed by atoms with van der Waals surface area (Å²) in [5.74, 6) is 3.24. The number of aromatic hydroxyl groups is 1. The number of hydroxylamine groups is 1. The number of nitrogens with one attached hydrogen (secondary N) is 1. The number of phenols is 1. The molecule has 1 heterocycles. The smallest absolute Gasteiger partial charge is 0.338 e. The monoisotopic (exact) mass is 729 g/mol. The van der Waals surface area contributed by atoms with Gasteiger partial charge in [0.05, 0.1) is 47.6 Å². The van der Waals surface area contributed by atoms with Crippen molar-refractivity contribution in [3.63, 3.8) is 0 Å². The maximum Gasteiger partial charge on any atom is 0.338 e. The van der Waals surface area contributed by atoms with Crippen molar-refractivity contribution in [2.24, 2.45) is 11.0 Å². The van der Waals surface area contributed by atoms with Crippen molar-refractivity contribution in [2.75, 3.05) is 13.0 Å². The van der Waals surface area contributed by atoms with Gasteiger partial charge in [0.25, 0.3) is 11.8 Å². The van der Waals surface area contributed by atoms with Crippen LogP contribution in [0.5, 0.6) is 5.75 Å². The first-order valence-electron chi connectivity index (χ1n) is 15.2. The van der Waals surface area contributed by atoms with Crippen LogP contribution < -0.4 is 11.3 Å². The van der Waals surface area contributed by atoms with Gasteiger partial charge in [-0.3, -0.25) is 14.4 Å². The maximum absolute atomic E-state index is 14.5. The Bertz CT molecular complexity index is 1780. The Morgan fingerprint density at radius 1 is 1.16 bits per heavy atom. The zero-order valence-corrected chi connectivity index (χ0v) is 28.5. The number of esters is 1. The third-order valence-electron chi connectivity index (χ3n) is 8.58. The van der Waals surface area contributed by atoms with Crippen molar-refractivity contribution >= 4 is 52.3 Å². The summed E-state index contributed by atoms with van der Waals surface area (Å²) < 4.78 is 18.7. The lowest BCUT2D eigenvalue weighted by atomic mass is 9.76. The molecule has 1 saturated carbocycles. The molecule has 49 heavy (non-hydrogen) atoms. The average Bonchev–Trinajstić information content (AvgIpc) is 3.08. The SMILES string of the molecule is C[S+]([O-])N(N)[C@H]1CCCCC1N1C(=O)c2ccc(O)cc2[C@@H](C(=O)NOCc2cccc(C(=O)OCN=[N+]=[N-])c2)[C@@H]1c1ccc(Cl)cc1Cl. The summed E-state index contributed by atoms with van der Waals surface area (Å²) in [4.78, 5) is 50.8. The van der Waals surface area contributed by atoms with Crippen molar-refractivity contribution < 1.29 is 33.6 Å². The third kappa shape index (κ3) is 8.06. The van der Waals surface area contributed by atoms with Crippen LogP contribution in [0, 0.1) is 0 Å². The van der Waals surface area contributed by atoms with Gasteiger partial charge in [-0.2, -0.15) is 0 Å². The van der Waals surface area contributed by atoms with Crippen LogP contribution in [0.25, 0.3) is 10.4 Å². The number of phenolic OH excluding ortho intramolecular Hbond substituents is 1. The van der Waals surface area contributed by atoms with Crippen LogP contribution in [0.15, 0.2) is 65.8 Å². The van der Waals surface area contributed by atoms with Crippen molar-refractivity contribution in [3.8, 4) is 5.75 Å². The van der Waals surface area contributed by atoms with Gasteiger partial charge in [0.2, 0.25) is 0 Å². The van der Waals surface area contributed by atoms with Crippen LogP contribution >= 0.6 is 23.2 Å². The molecule has 0 saturated heterocycles. The molecule has 1 aliphatic carbocycles. The number of carbonyl (C=O) groups excluding carboxylic acids is 3. The van der Waals surface area contributed by atoms with Crippen molar-refractivity contribution in [1.29, 1.82) is 0 Å². The molecule has 3 aromatic carbocycles.